The first-order chi connectivity index (χ1) is 17.5. The molecule has 5 nitrogen and oxygen atoms in total. The minimum atomic E-state index is -0.507. The number of aliphatic hydroxyl groups is 1. The lowest BCUT2D eigenvalue weighted by Gasteiger charge is -2.37. The molecule has 1 fully saturated rings. The fourth-order valence-corrected chi connectivity index (χ4v) is 4.85. The summed E-state index contributed by atoms with van der Waals surface area (Å²) in [7, 11) is 0. The molecule has 36 heavy (non-hydrogen) atoms. The van der Waals surface area contributed by atoms with E-state index in [0.717, 1.165) is 36.1 Å². The van der Waals surface area contributed by atoms with Gasteiger partial charge in [-0.05, 0) is 54.1 Å². The van der Waals surface area contributed by atoms with Crippen LogP contribution in [0.4, 0.5) is 4.39 Å². The maximum Gasteiger partial charge on any atom is 0.303 e. The third kappa shape index (κ3) is 7.23. The zero-order valence-corrected chi connectivity index (χ0v) is 20.6. The Bertz CT molecular complexity index is 1040. The topological polar surface area (TPSA) is 59.0 Å². The summed E-state index contributed by atoms with van der Waals surface area (Å²) in [4.78, 5) is 13.8. The van der Waals surface area contributed by atoms with Crippen LogP contribution in [-0.2, 0) is 14.3 Å². The summed E-state index contributed by atoms with van der Waals surface area (Å²) in [5.41, 5.74) is 2.96. The first kappa shape index (κ1) is 26.0. The number of rotatable bonds is 10. The quantitative estimate of drug-likeness (QED) is 0.390. The molecule has 6 heteroatoms. The number of β-amino-alcohol motifs (C(OH)–C–C–N with tert-alkyl or cyclic N) is 1. The number of ether oxygens (including phenoxy) is 2. The molecule has 0 amide bonds. The zero-order chi connectivity index (χ0) is 25.3. The SMILES string of the molecule is CC(=O)O[C@@H](CN1CC[C@H](CCOC(c2ccccc2)c2ccccc2)[C@@H](O)C1)c1ccc(F)cc1. The Balaban J connectivity index is 1.31. The van der Waals surface area contributed by atoms with Crippen molar-refractivity contribution in [2.45, 2.75) is 38.1 Å². The number of halogens is 1. The number of nitrogens with zero attached hydrogens (tertiary/aromatic N) is 1. The molecule has 3 aromatic rings. The van der Waals surface area contributed by atoms with Crippen molar-refractivity contribution in [2.75, 3.05) is 26.2 Å². The molecule has 4 rings (SSSR count). The molecule has 0 spiro atoms. The molecule has 0 radical (unpaired) electrons. The minimum Gasteiger partial charge on any atom is -0.456 e. The predicted molar refractivity (Wildman–Crippen MR) is 137 cm³/mol. The van der Waals surface area contributed by atoms with Gasteiger partial charge in [0.05, 0.1) is 6.10 Å². The summed E-state index contributed by atoms with van der Waals surface area (Å²) in [5, 5.41) is 10.9. The number of piperidine rings is 1. The van der Waals surface area contributed by atoms with Crippen LogP contribution in [0.15, 0.2) is 84.9 Å². The lowest BCUT2D eigenvalue weighted by atomic mass is 9.90. The van der Waals surface area contributed by atoms with Gasteiger partial charge in [-0.25, -0.2) is 4.39 Å². The summed E-state index contributed by atoms with van der Waals surface area (Å²) in [6, 6.07) is 26.4. The monoisotopic (exact) mass is 491 g/mol. The molecule has 0 saturated carbocycles. The second-order valence-corrected chi connectivity index (χ2v) is 9.39. The largest absolute Gasteiger partial charge is 0.456 e. The van der Waals surface area contributed by atoms with Crippen LogP contribution in [0.5, 0.6) is 0 Å². The van der Waals surface area contributed by atoms with E-state index in [9.17, 15) is 14.3 Å². The number of carbonyl (C=O) groups is 1. The molecule has 0 aromatic heterocycles. The Morgan fingerprint density at radius 1 is 0.972 bits per heavy atom. The van der Waals surface area contributed by atoms with E-state index in [2.05, 4.69) is 29.2 Å². The molecule has 1 aliphatic heterocycles. The average molecular weight is 492 g/mol. The highest BCUT2D eigenvalue weighted by Gasteiger charge is 2.30. The lowest BCUT2D eigenvalue weighted by Crippen LogP contribution is -2.45. The van der Waals surface area contributed by atoms with Gasteiger partial charge in [0.2, 0.25) is 0 Å². The highest BCUT2D eigenvalue weighted by Crippen LogP contribution is 2.29. The summed E-state index contributed by atoms with van der Waals surface area (Å²) in [6.07, 6.45) is 0.427. The maximum absolute atomic E-state index is 13.3. The second kappa shape index (κ2) is 12.8. The number of esters is 1. The summed E-state index contributed by atoms with van der Waals surface area (Å²) in [5.74, 6) is -0.588. The standard InChI is InChI=1S/C30H34FNO4/c1-22(33)36-29(24-12-14-27(31)15-13-24)21-32-18-16-23(28(34)20-32)17-19-35-30(25-8-4-2-5-9-25)26-10-6-3-7-11-26/h2-15,23,28-30,34H,16-21H2,1H3/t23-,28+,29+/m1/s1. The van der Waals surface area contributed by atoms with Gasteiger partial charge in [-0.3, -0.25) is 9.69 Å². The van der Waals surface area contributed by atoms with Crippen molar-refractivity contribution >= 4 is 5.97 Å². The molecular weight excluding hydrogens is 457 g/mol. The third-order valence-electron chi connectivity index (χ3n) is 6.76. The second-order valence-electron chi connectivity index (χ2n) is 9.39. The van der Waals surface area contributed by atoms with Crippen LogP contribution in [-0.4, -0.2) is 48.3 Å². The molecule has 1 saturated heterocycles. The summed E-state index contributed by atoms with van der Waals surface area (Å²) in [6.45, 7) is 3.64. The van der Waals surface area contributed by atoms with Crippen LogP contribution in [0, 0.1) is 11.7 Å². The van der Waals surface area contributed by atoms with Crippen LogP contribution < -0.4 is 0 Å². The Kier molecular flexibility index (Phi) is 9.23. The Morgan fingerprint density at radius 3 is 2.14 bits per heavy atom. The predicted octanol–water partition coefficient (Wildman–Crippen LogP) is 5.31. The van der Waals surface area contributed by atoms with E-state index in [1.54, 1.807) is 12.1 Å². The fourth-order valence-electron chi connectivity index (χ4n) is 4.85. The van der Waals surface area contributed by atoms with E-state index in [4.69, 9.17) is 9.47 Å². The van der Waals surface area contributed by atoms with Crippen molar-refractivity contribution < 1.29 is 23.8 Å². The van der Waals surface area contributed by atoms with E-state index in [0.29, 0.717) is 19.7 Å². The molecule has 1 N–H and O–H groups in total. The van der Waals surface area contributed by atoms with E-state index >= 15 is 0 Å². The molecular formula is C30H34FNO4. The third-order valence-corrected chi connectivity index (χ3v) is 6.76. The van der Waals surface area contributed by atoms with Gasteiger partial charge in [0.25, 0.3) is 0 Å². The highest BCUT2D eigenvalue weighted by molar-refractivity contribution is 5.66. The van der Waals surface area contributed by atoms with Gasteiger partial charge in [-0.2, -0.15) is 0 Å². The molecule has 0 bridgehead atoms. The fraction of sp³-hybridized carbons (Fsp3) is 0.367. The first-order valence-electron chi connectivity index (χ1n) is 12.5. The highest BCUT2D eigenvalue weighted by atomic mass is 19.1. The van der Waals surface area contributed by atoms with Gasteiger partial charge in [-0.15, -0.1) is 0 Å². The van der Waals surface area contributed by atoms with Crippen LogP contribution in [0.1, 0.15) is 48.7 Å². The van der Waals surface area contributed by atoms with Crippen molar-refractivity contribution in [1.82, 2.24) is 4.90 Å². The number of aliphatic hydroxyl groups excluding tert-OH is 1. The van der Waals surface area contributed by atoms with Gasteiger partial charge in [0.1, 0.15) is 18.0 Å². The summed E-state index contributed by atoms with van der Waals surface area (Å²) < 4.78 is 25.2. The number of carbonyl (C=O) groups excluding carboxylic acids is 1. The van der Waals surface area contributed by atoms with Crippen LogP contribution in [0.25, 0.3) is 0 Å². The molecule has 1 heterocycles. The summed E-state index contributed by atoms with van der Waals surface area (Å²) >= 11 is 0. The van der Waals surface area contributed by atoms with Gasteiger partial charge < -0.3 is 14.6 Å². The number of benzene rings is 3. The van der Waals surface area contributed by atoms with Crippen molar-refractivity contribution in [1.29, 1.82) is 0 Å². The minimum absolute atomic E-state index is 0.131. The Labute approximate surface area is 212 Å². The van der Waals surface area contributed by atoms with E-state index in [-0.39, 0.29) is 23.8 Å². The van der Waals surface area contributed by atoms with E-state index < -0.39 is 12.2 Å². The maximum atomic E-state index is 13.3. The number of hydrogen-bond donors (Lipinski definition) is 1. The Hall–Kier alpha value is -3.06. The molecule has 0 aliphatic carbocycles. The van der Waals surface area contributed by atoms with Crippen molar-refractivity contribution in [3.8, 4) is 0 Å². The van der Waals surface area contributed by atoms with Crippen LogP contribution in [0.3, 0.4) is 0 Å². The smallest absolute Gasteiger partial charge is 0.303 e. The van der Waals surface area contributed by atoms with Gasteiger partial charge in [0.15, 0.2) is 0 Å². The normalized spacial score (nSPS) is 19.2. The molecule has 190 valence electrons. The number of hydrogen-bond acceptors (Lipinski definition) is 5. The molecule has 1 aliphatic rings. The van der Waals surface area contributed by atoms with Crippen molar-refractivity contribution in [3.63, 3.8) is 0 Å². The molecule has 3 aromatic carbocycles. The van der Waals surface area contributed by atoms with Gasteiger partial charge in [0, 0.05) is 26.6 Å². The van der Waals surface area contributed by atoms with E-state index in [1.807, 2.05) is 36.4 Å². The lowest BCUT2D eigenvalue weighted by molar-refractivity contribution is -0.148. The average Bonchev–Trinajstić information content (AvgIpc) is 2.88. The zero-order valence-electron chi connectivity index (χ0n) is 20.6. The van der Waals surface area contributed by atoms with Crippen molar-refractivity contribution in [3.05, 3.63) is 107 Å². The van der Waals surface area contributed by atoms with Gasteiger partial charge >= 0.3 is 5.97 Å². The first-order valence-corrected chi connectivity index (χ1v) is 12.5. The molecule has 0 unspecified atom stereocenters. The Morgan fingerprint density at radius 2 is 1.58 bits per heavy atom. The van der Waals surface area contributed by atoms with Crippen LogP contribution in [0.2, 0.25) is 0 Å². The molecule has 3 atom stereocenters. The van der Waals surface area contributed by atoms with Gasteiger partial charge in [-0.1, -0.05) is 72.8 Å². The van der Waals surface area contributed by atoms with Crippen molar-refractivity contribution in [2.24, 2.45) is 5.92 Å². The van der Waals surface area contributed by atoms with Crippen LogP contribution >= 0.6 is 0 Å². The van der Waals surface area contributed by atoms with E-state index in [1.165, 1.54) is 19.1 Å². The number of likely N-dealkylation sites (tertiary alicyclic amines) is 1.